The van der Waals surface area contributed by atoms with Crippen LogP contribution in [0, 0.1) is 0 Å². The molecule has 0 saturated carbocycles. The minimum atomic E-state index is -4.76. The first-order valence-corrected chi connectivity index (χ1v) is 12.4. The number of nitrogens with two attached hydrogens (primary N) is 1. The molecule has 0 amide bonds. The maximum absolute atomic E-state index is 12.1. The second-order valence-electron chi connectivity index (χ2n) is 6.94. The molecule has 2 aromatic carbocycles. The van der Waals surface area contributed by atoms with Crippen LogP contribution in [0.25, 0.3) is 34.5 Å². The maximum atomic E-state index is 12.1. The molecular weight excluding hydrogens is 498 g/mol. The summed E-state index contributed by atoms with van der Waals surface area (Å²) in [6.07, 6.45) is 6.02. The molecule has 2 aromatic heterocycles. The van der Waals surface area contributed by atoms with Gasteiger partial charge in [-0.25, -0.2) is 29.9 Å². The number of hydrogen-bond acceptors (Lipinski definition) is 11. The summed E-state index contributed by atoms with van der Waals surface area (Å²) in [5.41, 5.74) is 6.27. The molecule has 15 heteroatoms. The number of aromatic nitrogens is 6. The fraction of sp³-hybridized carbons (Fsp3) is 0. The molecule has 4 rings (SSSR count). The molecule has 0 spiro atoms. The predicted molar refractivity (Wildman–Crippen MR) is 122 cm³/mol. The van der Waals surface area contributed by atoms with Crippen molar-refractivity contribution in [1.29, 1.82) is 0 Å². The number of benzene rings is 2. The zero-order valence-corrected chi connectivity index (χ0v) is 19.1. The molecule has 0 aliphatic heterocycles. The third-order valence-corrected chi connectivity index (χ3v) is 6.48. The van der Waals surface area contributed by atoms with E-state index in [9.17, 15) is 25.9 Å². The Kier molecular flexibility index (Phi) is 6.31. The molecule has 0 fully saturated rings. The average Bonchev–Trinajstić information content (AvgIpc) is 2.84. The van der Waals surface area contributed by atoms with Gasteiger partial charge in [0.1, 0.15) is 35.1 Å². The molecule has 0 aliphatic carbocycles. The number of rotatable bonds is 6. The second kappa shape index (κ2) is 9.22. The Bertz CT molecular complexity index is 1650. The van der Waals surface area contributed by atoms with E-state index in [1.54, 1.807) is 0 Å². The van der Waals surface area contributed by atoms with Gasteiger partial charge in [0.05, 0.1) is 0 Å². The summed E-state index contributed by atoms with van der Waals surface area (Å²) in [4.78, 5) is 22.0. The van der Waals surface area contributed by atoms with Crippen molar-refractivity contribution in [3.05, 3.63) is 72.8 Å². The van der Waals surface area contributed by atoms with Gasteiger partial charge in [0, 0.05) is 22.4 Å². The van der Waals surface area contributed by atoms with Crippen molar-refractivity contribution in [1.82, 2.24) is 29.9 Å². The van der Waals surface area contributed by atoms with Crippen LogP contribution in [-0.2, 0) is 20.2 Å². The van der Waals surface area contributed by atoms with Gasteiger partial charge >= 0.3 is 0 Å². The third-order valence-electron chi connectivity index (χ3n) is 4.68. The van der Waals surface area contributed by atoms with Gasteiger partial charge in [-0.05, 0) is 23.8 Å². The molecule has 0 bridgehead atoms. The molecule has 4 aromatic rings. The van der Waals surface area contributed by atoms with Crippen LogP contribution < -0.4 is 5.73 Å². The molecule has 13 nitrogen and oxygen atoms in total. The Balaban J connectivity index is 1.85. The second-order valence-corrected chi connectivity index (χ2v) is 9.72. The monoisotopic (exact) mass is 513 g/mol. The van der Waals surface area contributed by atoms with Crippen LogP contribution in [0.4, 0.5) is 0 Å². The van der Waals surface area contributed by atoms with E-state index < -0.39 is 30.0 Å². The topological polar surface area (TPSA) is 212 Å². The highest BCUT2D eigenvalue weighted by Crippen LogP contribution is 2.29. The van der Waals surface area contributed by atoms with Crippen molar-refractivity contribution in [2.75, 3.05) is 0 Å². The molecule has 35 heavy (non-hydrogen) atoms. The van der Waals surface area contributed by atoms with E-state index in [0.29, 0.717) is 0 Å². The fourth-order valence-corrected chi connectivity index (χ4v) is 4.59. The van der Waals surface area contributed by atoms with Crippen LogP contribution in [0.5, 0.6) is 0 Å². The van der Waals surface area contributed by atoms with E-state index in [-0.39, 0.29) is 39.6 Å². The SMILES string of the molecule is NC(=Cc1ccc(-c2ncncn2)cc1S(=O)(=O)O)c1ccc(-c2ncncn2)cc1S(=O)(=O)O. The van der Waals surface area contributed by atoms with Gasteiger partial charge in [0.25, 0.3) is 20.2 Å². The lowest BCUT2D eigenvalue weighted by atomic mass is 10.0. The summed E-state index contributed by atoms with van der Waals surface area (Å²) in [6.45, 7) is 0. The Morgan fingerprint density at radius 3 is 1.66 bits per heavy atom. The van der Waals surface area contributed by atoms with Crippen LogP contribution in [0.1, 0.15) is 11.1 Å². The summed E-state index contributed by atoms with van der Waals surface area (Å²) >= 11 is 0. The average molecular weight is 514 g/mol. The molecule has 178 valence electrons. The summed E-state index contributed by atoms with van der Waals surface area (Å²) in [7, 11) is -9.50. The van der Waals surface area contributed by atoms with Crippen molar-refractivity contribution in [2.45, 2.75) is 9.79 Å². The van der Waals surface area contributed by atoms with E-state index in [0.717, 1.165) is 18.2 Å². The van der Waals surface area contributed by atoms with Crippen molar-refractivity contribution in [3.63, 3.8) is 0 Å². The molecule has 0 unspecified atom stereocenters. The minimum absolute atomic E-state index is 0.0503. The number of nitrogens with zero attached hydrogens (tertiary/aromatic N) is 6. The van der Waals surface area contributed by atoms with Gasteiger partial charge in [-0.1, -0.05) is 24.3 Å². The van der Waals surface area contributed by atoms with Gasteiger partial charge < -0.3 is 5.73 Å². The van der Waals surface area contributed by atoms with E-state index in [1.165, 1.54) is 49.6 Å². The zero-order chi connectivity index (χ0) is 25.2. The van der Waals surface area contributed by atoms with Gasteiger partial charge in [0.15, 0.2) is 11.6 Å². The van der Waals surface area contributed by atoms with Crippen LogP contribution in [0.3, 0.4) is 0 Å². The minimum Gasteiger partial charge on any atom is -0.398 e. The standard InChI is InChI=1S/C20H15N7O6S2/c21-16(15-4-3-14(7-18(15)35(31,32)33)20-26-10-23-11-27-20)5-12-1-2-13(6-17(12)34(28,29)30)19-24-8-22-9-25-19/h1-11H,21H2,(H,28,29,30)(H,31,32,33). The summed E-state index contributed by atoms with van der Waals surface area (Å²) in [6, 6.07) is 7.84. The van der Waals surface area contributed by atoms with Crippen LogP contribution in [-0.4, -0.2) is 55.8 Å². The summed E-state index contributed by atoms with van der Waals surface area (Å²) < 4.78 is 67.8. The van der Waals surface area contributed by atoms with Gasteiger partial charge in [-0.15, -0.1) is 0 Å². The summed E-state index contributed by atoms with van der Waals surface area (Å²) in [5.74, 6) is 0.317. The molecule has 0 radical (unpaired) electrons. The molecule has 2 heterocycles. The Hall–Kier alpha value is -4.18. The number of hydrogen-bond donors (Lipinski definition) is 3. The quantitative estimate of drug-likeness (QED) is 0.245. The lowest BCUT2D eigenvalue weighted by Crippen LogP contribution is -2.08. The fourth-order valence-electron chi connectivity index (χ4n) is 3.15. The molecule has 4 N–H and O–H groups in total. The van der Waals surface area contributed by atoms with E-state index in [1.807, 2.05) is 0 Å². The highest BCUT2D eigenvalue weighted by molar-refractivity contribution is 7.86. The largest absolute Gasteiger partial charge is 0.398 e. The smallest absolute Gasteiger partial charge is 0.295 e. The maximum Gasteiger partial charge on any atom is 0.295 e. The normalized spacial score (nSPS) is 12.5. The van der Waals surface area contributed by atoms with Crippen molar-refractivity contribution >= 4 is 32.0 Å². The Morgan fingerprint density at radius 2 is 1.17 bits per heavy atom. The highest BCUT2D eigenvalue weighted by Gasteiger charge is 2.21. The Labute approximate surface area is 199 Å². The van der Waals surface area contributed by atoms with E-state index in [2.05, 4.69) is 29.9 Å². The first-order valence-electron chi connectivity index (χ1n) is 9.49. The van der Waals surface area contributed by atoms with E-state index in [4.69, 9.17) is 5.73 Å². The first kappa shape index (κ1) is 24.0. The molecular formula is C20H15N7O6S2. The molecule has 0 aliphatic rings. The molecule has 0 saturated heterocycles. The Morgan fingerprint density at radius 1 is 0.714 bits per heavy atom. The lowest BCUT2D eigenvalue weighted by Gasteiger charge is -2.11. The van der Waals surface area contributed by atoms with Gasteiger partial charge in [0.2, 0.25) is 0 Å². The molecule has 0 atom stereocenters. The van der Waals surface area contributed by atoms with Gasteiger partial charge in [-0.2, -0.15) is 16.8 Å². The van der Waals surface area contributed by atoms with Crippen LogP contribution in [0.15, 0.2) is 71.5 Å². The van der Waals surface area contributed by atoms with E-state index >= 15 is 0 Å². The lowest BCUT2D eigenvalue weighted by molar-refractivity contribution is 0.480. The van der Waals surface area contributed by atoms with Crippen molar-refractivity contribution in [2.24, 2.45) is 5.73 Å². The first-order chi connectivity index (χ1) is 16.5. The highest BCUT2D eigenvalue weighted by atomic mass is 32.2. The predicted octanol–water partition coefficient (Wildman–Crippen LogP) is 1.34. The van der Waals surface area contributed by atoms with Gasteiger partial charge in [-0.3, -0.25) is 9.11 Å². The van der Waals surface area contributed by atoms with Crippen molar-refractivity contribution < 1.29 is 25.9 Å². The summed E-state index contributed by atoms with van der Waals surface area (Å²) in [5, 5.41) is 0. The van der Waals surface area contributed by atoms with Crippen LogP contribution in [0.2, 0.25) is 0 Å². The third kappa shape index (κ3) is 5.33. The van der Waals surface area contributed by atoms with Crippen molar-refractivity contribution in [3.8, 4) is 22.8 Å². The van der Waals surface area contributed by atoms with Crippen LogP contribution >= 0.6 is 0 Å². The zero-order valence-electron chi connectivity index (χ0n) is 17.5.